The number of hydrogen-bond donors (Lipinski definition) is 2. The Morgan fingerprint density at radius 3 is 2.48 bits per heavy atom. The van der Waals surface area contributed by atoms with Gasteiger partial charge in [-0.05, 0) is 36.4 Å². The topological polar surface area (TPSA) is 92.3 Å². The normalized spacial score (nSPS) is 19.2. The van der Waals surface area contributed by atoms with Crippen LogP contribution in [-0.2, 0) is 14.3 Å². The number of anilines is 1. The second kappa shape index (κ2) is 8.74. The largest absolute Gasteiger partial charge is 0.457 e. The number of nitrogens with one attached hydrogen (secondary N) is 2. The number of ether oxygens (including phenoxy) is 2. The predicted octanol–water partition coefficient (Wildman–Crippen LogP) is 1.99. The van der Waals surface area contributed by atoms with Crippen LogP contribution in [0.1, 0.15) is 6.42 Å². The van der Waals surface area contributed by atoms with Gasteiger partial charge in [-0.15, -0.1) is 0 Å². The third kappa shape index (κ3) is 4.91. The van der Waals surface area contributed by atoms with Gasteiger partial charge < -0.3 is 19.7 Å². The molecule has 2 aromatic rings. The van der Waals surface area contributed by atoms with Crippen molar-refractivity contribution in [2.75, 3.05) is 31.6 Å². The lowest BCUT2D eigenvalue weighted by molar-refractivity contribution is -0.125. The number of nitrogens with zero attached hydrogens (tertiary/aromatic N) is 2. The molecular weight excluding hydrogens is 372 g/mol. The fourth-order valence-corrected chi connectivity index (χ4v) is 3.12. The molecule has 0 spiro atoms. The van der Waals surface area contributed by atoms with Gasteiger partial charge in [-0.1, -0.05) is 18.2 Å². The van der Waals surface area contributed by atoms with E-state index in [2.05, 4.69) is 15.6 Å². The van der Waals surface area contributed by atoms with Crippen molar-refractivity contribution in [2.45, 2.75) is 12.5 Å². The number of hydrogen-bond acceptors (Lipinski definition) is 6. The smallest absolute Gasteiger partial charge is 0.249 e. The maximum absolute atomic E-state index is 12.6. The summed E-state index contributed by atoms with van der Waals surface area (Å²) in [6.07, 6.45) is 0.0227. The molecule has 8 heteroatoms. The van der Waals surface area contributed by atoms with Crippen molar-refractivity contribution in [1.29, 1.82) is 0 Å². The highest BCUT2D eigenvalue weighted by Crippen LogP contribution is 2.23. The highest BCUT2D eigenvalue weighted by molar-refractivity contribution is 6.05. The summed E-state index contributed by atoms with van der Waals surface area (Å²) in [7, 11) is 0. The summed E-state index contributed by atoms with van der Waals surface area (Å²) in [4.78, 5) is 31.1. The minimum absolute atomic E-state index is 0.0227. The molecule has 4 rings (SSSR count). The Balaban J connectivity index is 1.39. The van der Waals surface area contributed by atoms with Gasteiger partial charge >= 0.3 is 0 Å². The first-order valence-corrected chi connectivity index (χ1v) is 9.51. The fraction of sp³-hybridized carbons (Fsp3) is 0.286. The molecule has 0 bridgehead atoms. The van der Waals surface area contributed by atoms with Gasteiger partial charge in [-0.2, -0.15) is 0 Å². The van der Waals surface area contributed by atoms with Gasteiger partial charge in [-0.3, -0.25) is 14.9 Å². The van der Waals surface area contributed by atoms with Crippen molar-refractivity contribution in [3.05, 3.63) is 54.6 Å². The van der Waals surface area contributed by atoms with E-state index in [4.69, 9.17) is 9.47 Å². The SMILES string of the molecule is O=C1CC(C(=O)Nc2ccc(Oc3ccccc3)cc2)N=C(N2CCOCC2)N1. The molecule has 1 atom stereocenters. The van der Waals surface area contributed by atoms with Crippen LogP contribution in [0.15, 0.2) is 59.6 Å². The van der Waals surface area contributed by atoms with E-state index in [1.54, 1.807) is 24.3 Å². The lowest BCUT2D eigenvalue weighted by atomic mass is 10.1. The standard InChI is InChI=1S/C21H22N4O4/c26-19-14-18(23-21(24-19)25-10-12-28-13-11-25)20(27)22-15-6-8-17(9-7-15)29-16-4-2-1-3-5-16/h1-9,18H,10-14H2,(H,22,27)(H,23,24,26). The Labute approximate surface area is 168 Å². The molecular formula is C21H22N4O4. The summed E-state index contributed by atoms with van der Waals surface area (Å²) in [6.45, 7) is 2.42. The zero-order valence-corrected chi connectivity index (χ0v) is 15.8. The highest BCUT2D eigenvalue weighted by atomic mass is 16.5. The van der Waals surface area contributed by atoms with E-state index in [0.29, 0.717) is 43.7 Å². The van der Waals surface area contributed by atoms with Gasteiger partial charge in [0.1, 0.15) is 17.5 Å². The lowest BCUT2D eigenvalue weighted by Crippen LogP contribution is -2.53. The molecule has 2 aliphatic heterocycles. The third-order valence-corrected chi connectivity index (χ3v) is 4.62. The summed E-state index contributed by atoms with van der Waals surface area (Å²) in [5, 5.41) is 5.57. The number of guanidine groups is 1. The number of carbonyl (C=O) groups is 2. The van der Waals surface area contributed by atoms with Gasteiger partial charge in [0.15, 0.2) is 0 Å². The summed E-state index contributed by atoms with van der Waals surface area (Å²) in [5.41, 5.74) is 0.615. The van der Waals surface area contributed by atoms with E-state index in [-0.39, 0.29) is 18.2 Å². The molecule has 150 valence electrons. The van der Waals surface area contributed by atoms with Crippen molar-refractivity contribution >= 4 is 23.5 Å². The van der Waals surface area contributed by atoms with Crippen LogP contribution >= 0.6 is 0 Å². The van der Waals surface area contributed by atoms with Crippen molar-refractivity contribution in [3.8, 4) is 11.5 Å². The Kier molecular flexibility index (Phi) is 5.71. The monoisotopic (exact) mass is 394 g/mol. The lowest BCUT2D eigenvalue weighted by Gasteiger charge is -2.32. The molecule has 1 unspecified atom stereocenters. The van der Waals surface area contributed by atoms with Crippen molar-refractivity contribution in [3.63, 3.8) is 0 Å². The van der Waals surface area contributed by atoms with Crippen LogP contribution in [0.4, 0.5) is 5.69 Å². The van der Waals surface area contributed by atoms with Crippen LogP contribution < -0.4 is 15.4 Å². The summed E-state index contributed by atoms with van der Waals surface area (Å²) < 4.78 is 11.1. The predicted molar refractivity (Wildman–Crippen MR) is 108 cm³/mol. The van der Waals surface area contributed by atoms with E-state index < -0.39 is 6.04 Å². The zero-order chi connectivity index (χ0) is 20.1. The van der Waals surface area contributed by atoms with Gasteiger partial charge in [0.05, 0.1) is 19.6 Å². The van der Waals surface area contributed by atoms with E-state index in [0.717, 1.165) is 5.75 Å². The number of para-hydroxylation sites is 1. The minimum atomic E-state index is -0.762. The number of amides is 2. The molecule has 2 aliphatic rings. The second-order valence-corrected chi connectivity index (χ2v) is 6.75. The molecule has 0 radical (unpaired) electrons. The van der Waals surface area contributed by atoms with E-state index in [9.17, 15) is 9.59 Å². The highest BCUT2D eigenvalue weighted by Gasteiger charge is 2.29. The maximum atomic E-state index is 12.6. The molecule has 0 aromatic heterocycles. The molecule has 29 heavy (non-hydrogen) atoms. The minimum Gasteiger partial charge on any atom is -0.457 e. The third-order valence-electron chi connectivity index (χ3n) is 4.62. The van der Waals surface area contributed by atoms with Crippen molar-refractivity contribution in [2.24, 2.45) is 4.99 Å². The first-order chi connectivity index (χ1) is 14.2. The quantitative estimate of drug-likeness (QED) is 0.828. The number of rotatable bonds is 4. The van der Waals surface area contributed by atoms with Crippen LogP contribution in [0.25, 0.3) is 0 Å². The van der Waals surface area contributed by atoms with Crippen LogP contribution in [0.5, 0.6) is 11.5 Å². The van der Waals surface area contributed by atoms with Crippen LogP contribution in [0.3, 0.4) is 0 Å². The van der Waals surface area contributed by atoms with Gasteiger partial charge in [0.2, 0.25) is 17.8 Å². The summed E-state index contributed by atoms with van der Waals surface area (Å²) in [6, 6.07) is 15.8. The average molecular weight is 394 g/mol. The summed E-state index contributed by atoms with van der Waals surface area (Å²) in [5.74, 6) is 1.31. The molecule has 2 aromatic carbocycles. The molecule has 1 fully saturated rings. The Bertz CT molecular complexity index is 893. The molecule has 2 heterocycles. The first kappa shape index (κ1) is 18.9. The van der Waals surface area contributed by atoms with E-state index in [1.165, 1.54) is 0 Å². The summed E-state index contributed by atoms with van der Waals surface area (Å²) >= 11 is 0. The van der Waals surface area contributed by atoms with E-state index >= 15 is 0 Å². The first-order valence-electron chi connectivity index (χ1n) is 9.51. The number of aliphatic imine (C=N–C) groups is 1. The van der Waals surface area contributed by atoms with Gasteiger partial charge in [0, 0.05) is 18.8 Å². The molecule has 0 aliphatic carbocycles. The average Bonchev–Trinajstić information content (AvgIpc) is 2.76. The molecule has 8 nitrogen and oxygen atoms in total. The van der Waals surface area contributed by atoms with Crippen molar-refractivity contribution in [1.82, 2.24) is 10.2 Å². The molecule has 0 saturated carbocycles. The number of carbonyl (C=O) groups excluding carboxylic acids is 2. The van der Waals surface area contributed by atoms with Gasteiger partial charge in [0.25, 0.3) is 0 Å². The maximum Gasteiger partial charge on any atom is 0.249 e. The second-order valence-electron chi connectivity index (χ2n) is 6.75. The van der Waals surface area contributed by atoms with E-state index in [1.807, 2.05) is 35.2 Å². The van der Waals surface area contributed by atoms with Crippen LogP contribution in [0, 0.1) is 0 Å². The number of morpholine rings is 1. The fourth-order valence-electron chi connectivity index (χ4n) is 3.12. The van der Waals surface area contributed by atoms with Crippen molar-refractivity contribution < 1.29 is 19.1 Å². The van der Waals surface area contributed by atoms with Gasteiger partial charge in [-0.25, -0.2) is 4.99 Å². The molecule has 2 N–H and O–H groups in total. The molecule has 1 saturated heterocycles. The molecule has 2 amide bonds. The number of benzene rings is 2. The Hall–Kier alpha value is -3.39. The van der Waals surface area contributed by atoms with Crippen LogP contribution in [0.2, 0.25) is 0 Å². The Morgan fingerprint density at radius 1 is 1.07 bits per heavy atom. The Morgan fingerprint density at radius 2 is 1.76 bits per heavy atom. The zero-order valence-electron chi connectivity index (χ0n) is 15.8. The van der Waals surface area contributed by atoms with Crippen LogP contribution in [-0.4, -0.2) is 55.0 Å².